The van der Waals surface area contributed by atoms with Crippen LogP contribution in [0.15, 0.2) is 23.1 Å². The van der Waals surface area contributed by atoms with Gasteiger partial charge in [-0.05, 0) is 50.1 Å². The molecule has 0 saturated carbocycles. The van der Waals surface area contributed by atoms with Crippen LogP contribution in [0.5, 0.6) is 0 Å². The second kappa shape index (κ2) is 6.90. The number of halogens is 2. The normalized spacial score (nSPS) is 19.8. The Morgan fingerprint density at radius 1 is 1.42 bits per heavy atom. The van der Waals surface area contributed by atoms with E-state index in [1.165, 1.54) is 0 Å². The Morgan fingerprint density at radius 2 is 2.16 bits per heavy atom. The summed E-state index contributed by atoms with van der Waals surface area (Å²) in [6, 6.07) is 4.78. The molecule has 1 aliphatic rings. The number of hydrogen-bond acceptors (Lipinski definition) is 3. The highest BCUT2D eigenvalue weighted by molar-refractivity contribution is 7.89. The fourth-order valence-corrected chi connectivity index (χ4v) is 3.87. The van der Waals surface area contributed by atoms with Gasteiger partial charge < -0.3 is 5.32 Å². The van der Waals surface area contributed by atoms with Crippen LogP contribution in [0, 0.1) is 6.92 Å². The molecule has 108 valence electrons. The quantitative estimate of drug-likeness (QED) is 0.895. The van der Waals surface area contributed by atoms with Gasteiger partial charge in [-0.1, -0.05) is 11.6 Å². The molecule has 1 aliphatic heterocycles. The van der Waals surface area contributed by atoms with Crippen LogP contribution in [0.25, 0.3) is 0 Å². The average molecular weight is 325 g/mol. The van der Waals surface area contributed by atoms with Crippen molar-refractivity contribution < 1.29 is 8.42 Å². The van der Waals surface area contributed by atoms with Crippen molar-refractivity contribution in [3.05, 3.63) is 28.8 Å². The molecule has 1 aromatic carbocycles. The first-order valence-electron chi connectivity index (χ1n) is 5.98. The molecular formula is C12H18Cl2N2O2S. The number of sulfonamides is 1. The van der Waals surface area contributed by atoms with Gasteiger partial charge in [0, 0.05) is 17.6 Å². The molecule has 1 heterocycles. The van der Waals surface area contributed by atoms with Gasteiger partial charge in [-0.25, -0.2) is 13.1 Å². The number of nitrogens with one attached hydrogen (secondary N) is 2. The fourth-order valence-electron chi connectivity index (χ4n) is 2.15. The molecule has 1 atom stereocenters. The summed E-state index contributed by atoms with van der Waals surface area (Å²) >= 11 is 5.83. The maximum absolute atomic E-state index is 12.3. The molecule has 0 spiro atoms. The standard InChI is InChI=1S/C12H17ClN2O2S.ClH/c1-9-7-10(13)4-5-12(9)18(16,17)15-11-3-2-6-14-8-11;/h4-5,7,11,14-15H,2-3,6,8H2,1H3;1H. The second-order valence-corrected chi connectivity index (χ2v) is 6.69. The molecule has 0 amide bonds. The second-order valence-electron chi connectivity index (χ2n) is 4.57. The molecule has 1 saturated heterocycles. The van der Waals surface area contributed by atoms with E-state index in [9.17, 15) is 8.42 Å². The lowest BCUT2D eigenvalue weighted by atomic mass is 10.1. The minimum absolute atomic E-state index is 0. The van der Waals surface area contributed by atoms with Crippen LogP contribution in [0.2, 0.25) is 5.02 Å². The van der Waals surface area contributed by atoms with E-state index >= 15 is 0 Å². The van der Waals surface area contributed by atoms with E-state index < -0.39 is 10.0 Å². The zero-order chi connectivity index (χ0) is 13.2. The van der Waals surface area contributed by atoms with E-state index in [1.807, 2.05) is 0 Å². The molecule has 1 aromatic rings. The molecule has 0 bridgehead atoms. The van der Waals surface area contributed by atoms with E-state index in [1.54, 1.807) is 25.1 Å². The van der Waals surface area contributed by atoms with Crippen LogP contribution in [0.1, 0.15) is 18.4 Å². The first-order valence-corrected chi connectivity index (χ1v) is 7.84. The Bertz CT molecular complexity index is 529. The topological polar surface area (TPSA) is 58.2 Å². The first kappa shape index (κ1) is 16.7. The summed E-state index contributed by atoms with van der Waals surface area (Å²) in [4.78, 5) is 0.303. The van der Waals surface area contributed by atoms with Crippen LogP contribution >= 0.6 is 24.0 Å². The van der Waals surface area contributed by atoms with Crippen molar-refractivity contribution in [2.75, 3.05) is 13.1 Å². The zero-order valence-electron chi connectivity index (χ0n) is 10.6. The Balaban J connectivity index is 0.00000180. The molecule has 19 heavy (non-hydrogen) atoms. The largest absolute Gasteiger partial charge is 0.315 e. The van der Waals surface area contributed by atoms with Gasteiger partial charge in [0.2, 0.25) is 10.0 Å². The number of aryl methyl sites for hydroxylation is 1. The Morgan fingerprint density at radius 3 is 2.74 bits per heavy atom. The van der Waals surface area contributed by atoms with Gasteiger partial charge in [0.15, 0.2) is 0 Å². The van der Waals surface area contributed by atoms with Gasteiger partial charge in [0.1, 0.15) is 0 Å². The fraction of sp³-hybridized carbons (Fsp3) is 0.500. The van der Waals surface area contributed by atoms with Crippen LogP contribution in [-0.2, 0) is 10.0 Å². The van der Waals surface area contributed by atoms with E-state index in [0.29, 0.717) is 22.0 Å². The molecule has 0 radical (unpaired) electrons. The molecule has 2 rings (SSSR count). The zero-order valence-corrected chi connectivity index (χ0v) is 13.0. The highest BCUT2D eigenvalue weighted by Crippen LogP contribution is 2.20. The van der Waals surface area contributed by atoms with Gasteiger partial charge in [0.25, 0.3) is 0 Å². The summed E-state index contributed by atoms with van der Waals surface area (Å²) in [5, 5.41) is 3.73. The van der Waals surface area contributed by atoms with E-state index in [-0.39, 0.29) is 18.4 Å². The third kappa shape index (κ3) is 4.33. The molecular weight excluding hydrogens is 307 g/mol. The first-order chi connectivity index (χ1) is 8.49. The minimum Gasteiger partial charge on any atom is -0.315 e. The Hall–Kier alpha value is -0.330. The number of benzene rings is 1. The predicted octanol–water partition coefficient (Wildman–Crippen LogP) is 2.10. The molecule has 4 nitrogen and oxygen atoms in total. The third-order valence-electron chi connectivity index (χ3n) is 3.05. The van der Waals surface area contributed by atoms with Crippen molar-refractivity contribution in [2.24, 2.45) is 0 Å². The number of rotatable bonds is 3. The van der Waals surface area contributed by atoms with Crippen molar-refractivity contribution in [2.45, 2.75) is 30.7 Å². The van der Waals surface area contributed by atoms with Gasteiger partial charge >= 0.3 is 0 Å². The monoisotopic (exact) mass is 324 g/mol. The average Bonchev–Trinajstić information content (AvgIpc) is 2.29. The molecule has 1 unspecified atom stereocenters. The lowest BCUT2D eigenvalue weighted by Gasteiger charge is -2.24. The van der Waals surface area contributed by atoms with Crippen molar-refractivity contribution in [1.29, 1.82) is 0 Å². The summed E-state index contributed by atoms with van der Waals surface area (Å²) in [6.07, 6.45) is 1.87. The van der Waals surface area contributed by atoms with Crippen molar-refractivity contribution in [1.82, 2.24) is 10.0 Å². The molecule has 0 aliphatic carbocycles. The third-order valence-corrected chi connectivity index (χ3v) is 4.96. The maximum atomic E-state index is 12.3. The van der Waals surface area contributed by atoms with Crippen LogP contribution in [-0.4, -0.2) is 27.5 Å². The Kier molecular flexibility index (Phi) is 6.08. The van der Waals surface area contributed by atoms with Gasteiger partial charge in [-0.3, -0.25) is 0 Å². The SMILES string of the molecule is Cc1cc(Cl)ccc1S(=O)(=O)NC1CCCNC1.Cl. The predicted molar refractivity (Wildman–Crippen MR) is 79.7 cm³/mol. The molecule has 0 aromatic heterocycles. The van der Waals surface area contributed by atoms with E-state index in [0.717, 1.165) is 19.4 Å². The Labute approximate surface area is 125 Å². The highest BCUT2D eigenvalue weighted by atomic mass is 35.5. The maximum Gasteiger partial charge on any atom is 0.241 e. The summed E-state index contributed by atoms with van der Waals surface area (Å²) in [5.74, 6) is 0. The molecule has 7 heteroatoms. The summed E-state index contributed by atoms with van der Waals surface area (Å²) in [6.45, 7) is 3.39. The van der Waals surface area contributed by atoms with Gasteiger partial charge in [0.05, 0.1) is 4.90 Å². The van der Waals surface area contributed by atoms with Gasteiger partial charge in [-0.2, -0.15) is 0 Å². The lowest BCUT2D eigenvalue weighted by Crippen LogP contribution is -2.45. The van der Waals surface area contributed by atoms with E-state index in [4.69, 9.17) is 11.6 Å². The van der Waals surface area contributed by atoms with Crippen LogP contribution < -0.4 is 10.0 Å². The van der Waals surface area contributed by atoms with Crippen LogP contribution in [0.3, 0.4) is 0 Å². The van der Waals surface area contributed by atoms with Crippen molar-refractivity contribution in [3.8, 4) is 0 Å². The summed E-state index contributed by atoms with van der Waals surface area (Å²) < 4.78 is 27.2. The van der Waals surface area contributed by atoms with Crippen LogP contribution in [0.4, 0.5) is 0 Å². The van der Waals surface area contributed by atoms with Gasteiger partial charge in [-0.15, -0.1) is 12.4 Å². The van der Waals surface area contributed by atoms with Crippen molar-refractivity contribution in [3.63, 3.8) is 0 Å². The molecule has 1 fully saturated rings. The number of piperidine rings is 1. The number of hydrogen-bond donors (Lipinski definition) is 2. The van der Waals surface area contributed by atoms with Crippen molar-refractivity contribution >= 4 is 34.0 Å². The smallest absolute Gasteiger partial charge is 0.241 e. The highest BCUT2D eigenvalue weighted by Gasteiger charge is 2.22. The lowest BCUT2D eigenvalue weighted by molar-refractivity contribution is 0.428. The van der Waals surface area contributed by atoms with E-state index in [2.05, 4.69) is 10.0 Å². The summed E-state index contributed by atoms with van der Waals surface area (Å²) in [7, 11) is -3.46. The summed E-state index contributed by atoms with van der Waals surface area (Å²) in [5.41, 5.74) is 0.666. The molecule has 2 N–H and O–H groups in total. The minimum atomic E-state index is -3.46.